The van der Waals surface area contributed by atoms with Crippen LogP contribution in [0.2, 0.25) is 0 Å². The maximum atomic E-state index is 12.3. The van der Waals surface area contributed by atoms with Crippen LogP contribution in [0.3, 0.4) is 0 Å². The first kappa shape index (κ1) is 53.7. The van der Waals surface area contributed by atoms with E-state index in [1.54, 1.807) is 0 Å². The number of hydrogen-bond acceptors (Lipinski definition) is 5. The molecular weight excluding hydrogens is 996 g/mol. The van der Waals surface area contributed by atoms with Gasteiger partial charge >= 0.3 is 12.4 Å². The van der Waals surface area contributed by atoms with Crippen LogP contribution in [-0.2, 0) is 24.7 Å². The zero-order chi connectivity index (χ0) is 51.2. The van der Waals surface area contributed by atoms with Crippen molar-refractivity contribution in [3.8, 4) is 5.75 Å². The van der Waals surface area contributed by atoms with E-state index >= 15 is 0 Å². The van der Waals surface area contributed by atoms with Gasteiger partial charge in [-0.15, -0.1) is 25.3 Å². The van der Waals surface area contributed by atoms with Gasteiger partial charge in [0.05, 0.1) is 29.2 Å². The van der Waals surface area contributed by atoms with Gasteiger partial charge < -0.3 is 14.7 Å². The molecule has 0 spiro atoms. The van der Waals surface area contributed by atoms with Crippen molar-refractivity contribution >= 4 is 78.9 Å². The molecule has 3 nitrogen and oxygen atoms in total. The quantitative estimate of drug-likeness (QED) is 0.0555. The average Bonchev–Trinajstić information content (AvgIpc) is 3.39. The Balaban J connectivity index is 0.000000162. The SMILES string of the molecule is Sc1ccccc1C[P+](c1ccccc1)(c1ccccc1)c1ccccc1.Sc1ccccc1C[P+](c1ccccc1)(c1ccccc1)c1ccccc1.[O-]B([O-])Oc1cc(C(F)(F)F)cc(C(F)(F)F)c1. The molecule has 0 radical (unpaired) electrons. The largest absolute Gasteiger partial charge is 0.860 e. The lowest BCUT2D eigenvalue weighted by molar-refractivity contribution is -0.372. The lowest BCUT2D eigenvalue weighted by Crippen LogP contribution is -2.50. The van der Waals surface area contributed by atoms with E-state index in [4.69, 9.17) is 25.3 Å². The molecule has 0 N–H and O–H groups in total. The van der Waals surface area contributed by atoms with Crippen LogP contribution in [0, 0.1) is 0 Å². The number of rotatable bonds is 12. The zero-order valence-electron chi connectivity index (χ0n) is 38.4. The molecule has 0 aliphatic carbocycles. The molecule has 9 aromatic carbocycles. The molecule has 0 bridgehead atoms. The summed E-state index contributed by atoms with van der Waals surface area (Å²) in [5.41, 5.74) is -0.725. The summed E-state index contributed by atoms with van der Waals surface area (Å²) in [4.78, 5) is 2.12. The summed E-state index contributed by atoms with van der Waals surface area (Å²) >= 11 is 9.53. The minimum atomic E-state index is -5.05. The van der Waals surface area contributed by atoms with Gasteiger partial charge in [-0.1, -0.05) is 146 Å². The van der Waals surface area contributed by atoms with E-state index in [2.05, 4.69) is 235 Å². The number of benzene rings is 9. The number of thiol groups is 2. The Morgan fingerprint density at radius 1 is 0.361 bits per heavy atom. The predicted molar refractivity (Wildman–Crippen MR) is 288 cm³/mol. The van der Waals surface area contributed by atoms with Gasteiger partial charge in [-0.25, -0.2) is 0 Å². The highest BCUT2D eigenvalue weighted by Gasteiger charge is 2.47. The molecule has 0 aromatic heterocycles. The van der Waals surface area contributed by atoms with Crippen LogP contribution in [0.15, 0.2) is 259 Å². The van der Waals surface area contributed by atoms with Gasteiger partial charge in [0, 0.05) is 20.9 Å². The molecule has 14 heteroatoms. The monoisotopic (exact) mass is 1040 g/mol. The van der Waals surface area contributed by atoms with Crippen LogP contribution in [0.4, 0.5) is 26.3 Å². The Kier molecular flexibility index (Phi) is 18.3. The lowest BCUT2D eigenvalue weighted by Gasteiger charge is -2.28. The first-order chi connectivity index (χ1) is 34.6. The fraction of sp³-hybridized carbons (Fsp3) is 0.0690. The highest BCUT2D eigenvalue weighted by molar-refractivity contribution is 7.95. The van der Waals surface area contributed by atoms with Crippen molar-refractivity contribution < 1.29 is 41.0 Å². The molecule has 72 heavy (non-hydrogen) atoms. The molecular formula is C58H47BF6O3P2S2. The molecule has 0 aliphatic heterocycles. The van der Waals surface area contributed by atoms with E-state index in [0.717, 1.165) is 22.1 Å². The minimum absolute atomic E-state index is 0.141. The Bertz CT molecular complexity index is 2690. The normalized spacial score (nSPS) is 11.6. The maximum Gasteiger partial charge on any atom is 0.416 e. The van der Waals surface area contributed by atoms with Gasteiger partial charge in [0.25, 0.3) is 0 Å². The van der Waals surface area contributed by atoms with Crippen LogP contribution in [-0.4, -0.2) is 7.32 Å². The highest BCUT2D eigenvalue weighted by Crippen LogP contribution is 2.60. The van der Waals surface area contributed by atoms with Crippen LogP contribution < -0.4 is 46.5 Å². The highest BCUT2D eigenvalue weighted by atomic mass is 32.1. The van der Waals surface area contributed by atoms with Crippen LogP contribution >= 0.6 is 39.8 Å². The third-order valence-corrected chi connectivity index (χ3v) is 21.4. The van der Waals surface area contributed by atoms with E-state index in [0.29, 0.717) is 0 Å². The first-order valence-corrected chi connectivity index (χ1v) is 27.4. The van der Waals surface area contributed by atoms with Gasteiger partial charge in [0.15, 0.2) is 0 Å². The third-order valence-electron chi connectivity index (χ3n) is 11.8. The summed E-state index contributed by atoms with van der Waals surface area (Å²) in [6.45, 7) is 0. The molecule has 0 fully saturated rings. The lowest BCUT2D eigenvalue weighted by atomic mass is 10.1. The van der Waals surface area contributed by atoms with E-state index in [1.165, 1.54) is 43.0 Å². The fourth-order valence-corrected chi connectivity index (χ4v) is 17.7. The van der Waals surface area contributed by atoms with Crippen molar-refractivity contribution in [2.45, 2.75) is 34.5 Å². The topological polar surface area (TPSA) is 55.3 Å². The van der Waals surface area contributed by atoms with Gasteiger partial charge in [0.1, 0.15) is 53.7 Å². The predicted octanol–water partition coefficient (Wildman–Crippen LogP) is 11.7. The number of alkyl halides is 6. The minimum Gasteiger partial charge on any atom is -0.860 e. The molecule has 0 heterocycles. The molecule has 0 saturated carbocycles. The standard InChI is InChI=1S/2C25H21PS.C8H3BF6O3/c2*27-25-19-11-10-12-21(25)20-26(22-13-4-1-5-14-22,23-15-6-2-7-16-23)24-17-8-3-9-18-24;10-7(11,12)4-1-5(8(13,14)15)3-6(2-4)18-9(16)17/h2*1-19H,20H2;1-3H/q;;-2/p+2. The molecule has 0 aliphatic rings. The maximum absolute atomic E-state index is 12.3. The zero-order valence-corrected chi connectivity index (χ0v) is 42.0. The second-order valence-corrected chi connectivity index (χ2v) is 24.3. The summed E-state index contributed by atoms with van der Waals surface area (Å²) in [7, 11) is -6.72. The van der Waals surface area contributed by atoms with Gasteiger partial charge in [-0.2, -0.15) is 26.3 Å². The molecule has 0 atom stereocenters. The molecule has 0 unspecified atom stereocenters. The molecule has 0 amide bonds. The Labute approximate surface area is 428 Å². The second kappa shape index (κ2) is 24.6. The van der Waals surface area contributed by atoms with Gasteiger partial charge in [-0.05, 0) is 103 Å². The van der Waals surface area contributed by atoms with Crippen molar-refractivity contribution in [1.82, 2.24) is 0 Å². The summed E-state index contributed by atoms with van der Waals surface area (Å²) < 4.78 is 77.5. The van der Waals surface area contributed by atoms with Crippen LogP contribution in [0.1, 0.15) is 22.3 Å². The number of hydrogen-bond donors (Lipinski definition) is 2. The summed E-state index contributed by atoms with van der Waals surface area (Å²) in [6.07, 6.45) is -8.18. The van der Waals surface area contributed by atoms with E-state index in [9.17, 15) is 36.4 Å². The van der Waals surface area contributed by atoms with E-state index in [-0.39, 0.29) is 18.2 Å². The van der Waals surface area contributed by atoms with E-state index < -0.39 is 51.1 Å². The van der Waals surface area contributed by atoms with Gasteiger partial charge in [0.2, 0.25) is 0 Å². The van der Waals surface area contributed by atoms with Crippen molar-refractivity contribution in [1.29, 1.82) is 0 Å². The second-order valence-electron chi connectivity index (χ2n) is 16.4. The Hall–Kier alpha value is -6.10. The summed E-state index contributed by atoms with van der Waals surface area (Å²) in [6, 6.07) is 83.0. The Morgan fingerprint density at radius 3 is 0.819 bits per heavy atom. The average molecular weight is 1040 g/mol. The molecule has 9 rings (SSSR count). The molecule has 364 valence electrons. The van der Waals surface area contributed by atoms with Crippen molar-refractivity contribution in [3.05, 3.63) is 271 Å². The summed E-state index contributed by atoms with van der Waals surface area (Å²) in [5, 5.41) is 28.6. The third kappa shape index (κ3) is 13.3. The van der Waals surface area contributed by atoms with Crippen molar-refractivity contribution in [2.24, 2.45) is 0 Å². The van der Waals surface area contributed by atoms with Crippen LogP contribution in [0.25, 0.3) is 0 Å². The van der Waals surface area contributed by atoms with Crippen molar-refractivity contribution in [3.63, 3.8) is 0 Å². The van der Waals surface area contributed by atoms with Gasteiger partial charge in [-0.3, -0.25) is 0 Å². The molecule has 9 aromatic rings. The summed E-state index contributed by atoms with van der Waals surface area (Å²) in [5.74, 6) is -1.08. The fourth-order valence-electron chi connectivity index (χ4n) is 8.44. The smallest absolute Gasteiger partial charge is 0.416 e. The number of halogens is 6. The first-order valence-electron chi connectivity index (χ1n) is 22.5. The van der Waals surface area contributed by atoms with E-state index in [1.807, 2.05) is 0 Å². The Morgan fingerprint density at radius 2 is 0.597 bits per heavy atom. The molecule has 0 saturated heterocycles. The van der Waals surface area contributed by atoms with Crippen LogP contribution in [0.5, 0.6) is 5.75 Å². The van der Waals surface area contributed by atoms with Crippen molar-refractivity contribution in [2.75, 3.05) is 0 Å².